The smallest absolute Gasteiger partial charge is 0.274 e. The maximum atomic E-state index is 11.8. The highest BCUT2D eigenvalue weighted by Gasteiger charge is 2.10. The summed E-state index contributed by atoms with van der Waals surface area (Å²) >= 11 is 5.85. The summed E-state index contributed by atoms with van der Waals surface area (Å²) in [7, 11) is 0. The Bertz CT molecular complexity index is 836. The van der Waals surface area contributed by atoms with Crippen molar-refractivity contribution < 1.29 is 0 Å². The lowest BCUT2D eigenvalue weighted by molar-refractivity contribution is 0.892. The second-order valence-corrected chi connectivity index (χ2v) is 4.61. The Balaban J connectivity index is 2.26. The molecule has 6 nitrogen and oxygen atoms in total. The van der Waals surface area contributed by atoms with Crippen molar-refractivity contribution in [3.63, 3.8) is 0 Å². The molecule has 0 aliphatic carbocycles. The summed E-state index contributed by atoms with van der Waals surface area (Å²) < 4.78 is 1.27. The molecule has 0 radical (unpaired) electrons. The second kappa shape index (κ2) is 4.10. The monoisotopic (exact) mass is 275 g/mol. The number of fused-ring (bicyclic) bond motifs is 1. The molecule has 7 heteroatoms. The van der Waals surface area contributed by atoms with Crippen molar-refractivity contribution in [3.8, 4) is 11.4 Å². The Morgan fingerprint density at radius 3 is 2.84 bits per heavy atom. The van der Waals surface area contributed by atoms with Crippen molar-refractivity contribution in [1.82, 2.24) is 19.6 Å². The zero-order valence-electron chi connectivity index (χ0n) is 10.0. The minimum Gasteiger partial charge on any atom is -0.398 e. The number of aromatic amines is 1. The lowest BCUT2D eigenvalue weighted by Gasteiger charge is -2.01. The van der Waals surface area contributed by atoms with Crippen LogP contribution < -0.4 is 11.3 Å². The van der Waals surface area contributed by atoms with Gasteiger partial charge in [0.2, 0.25) is 0 Å². The molecule has 0 unspecified atom stereocenters. The summed E-state index contributed by atoms with van der Waals surface area (Å²) in [6.07, 6.45) is 0. The molecule has 0 saturated carbocycles. The van der Waals surface area contributed by atoms with Crippen LogP contribution in [-0.4, -0.2) is 19.6 Å². The van der Waals surface area contributed by atoms with Gasteiger partial charge in [-0.05, 0) is 25.1 Å². The van der Waals surface area contributed by atoms with Gasteiger partial charge in [-0.25, -0.2) is 4.98 Å². The largest absolute Gasteiger partial charge is 0.398 e. The number of nitrogen functional groups attached to an aromatic ring is 1. The van der Waals surface area contributed by atoms with E-state index in [1.165, 1.54) is 10.6 Å². The van der Waals surface area contributed by atoms with E-state index in [-0.39, 0.29) is 5.56 Å². The molecule has 0 bridgehead atoms. The Morgan fingerprint density at radius 1 is 1.32 bits per heavy atom. The molecule has 0 spiro atoms. The van der Waals surface area contributed by atoms with Gasteiger partial charge in [0.25, 0.3) is 11.3 Å². The lowest BCUT2D eigenvalue weighted by atomic mass is 10.2. The number of rotatable bonds is 1. The Hall–Kier alpha value is -2.34. The van der Waals surface area contributed by atoms with Crippen LogP contribution in [-0.2, 0) is 0 Å². The molecule has 3 rings (SSSR count). The van der Waals surface area contributed by atoms with Crippen molar-refractivity contribution in [1.29, 1.82) is 0 Å². The molecular weight excluding hydrogens is 266 g/mol. The topological polar surface area (TPSA) is 89.1 Å². The highest BCUT2D eigenvalue weighted by atomic mass is 35.5. The van der Waals surface area contributed by atoms with Gasteiger partial charge in [0.1, 0.15) is 0 Å². The minimum atomic E-state index is -0.214. The number of nitrogens with two attached hydrogens (primary N) is 1. The molecule has 19 heavy (non-hydrogen) atoms. The zero-order valence-corrected chi connectivity index (χ0v) is 10.8. The number of nitrogens with zero attached hydrogens (tertiary/aromatic N) is 3. The first-order chi connectivity index (χ1) is 9.04. The molecule has 96 valence electrons. The standard InChI is InChI=1S/C12H10ClN5O/c1-6-4-10(19)18-12(15-6)16-11(17-18)8-3-2-7(13)5-9(8)14/h2-5H,14H2,1H3,(H,15,16,17). The lowest BCUT2D eigenvalue weighted by Crippen LogP contribution is -2.14. The Kier molecular flexibility index (Phi) is 2.53. The van der Waals surface area contributed by atoms with Crippen LogP contribution in [0.2, 0.25) is 5.02 Å². The minimum absolute atomic E-state index is 0.214. The number of anilines is 1. The van der Waals surface area contributed by atoms with Crippen molar-refractivity contribution in [2.24, 2.45) is 0 Å². The number of hydrogen-bond acceptors (Lipinski definition) is 4. The van der Waals surface area contributed by atoms with Gasteiger partial charge in [0, 0.05) is 28.0 Å². The fraction of sp³-hybridized carbons (Fsp3) is 0.0833. The molecule has 1 aromatic carbocycles. The third kappa shape index (κ3) is 1.96. The molecule has 0 fully saturated rings. The van der Waals surface area contributed by atoms with E-state index in [1.807, 2.05) is 0 Å². The van der Waals surface area contributed by atoms with E-state index < -0.39 is 0 Å². The molecule has 0 saturated heterocycles. The number of benzene rings is 1. The van der Waals surface area contributed by atoms with Crippen LogP contribution >= 0.6 is 11.6 Å². The van der Waals surface area contributed by atoms with Gasteiger partial charge in [-0.15, -0.1) is 0 Å². The van der Waals surface area contributed by atoms with E-state index in [4.69, 9.17) is 17.3 Å². The summed E-state index contributed by atoms with van der Waals surface area (Å²) in [5, 5.41) is 3.42. The number of halogens is 1. The van der Waals surface area contributed by atoms with Gasteiger partial charge in [-0.1, -0.05) is 11.6 Å². The van der Waals surface area contributed by atoms with E-state index in [0.717, 1.165) is 0 Å². The average Bonchev–Trinajstić information content (AvgIpc) is 2.72. The molecule has 2 heterocycles. The van der Waals surface area contributed by atoms with Crippen molar-refractivity contribution in [2.45, 2.75) is 6.92 Å². The normalized spacial score (nSPS) is 11.1. The van der Waals surface area contributed by atoms with Crippen molar-refractivity contribution in [2.75, 3.05) is 5.73 Å². The van der Waals surface area contributed by atoms with E-state index in [2.05, 4.69) is 15.1 Å². The number of H-pyrrole nitrogens is 1. The maximum absolute atomic E-state index is 11.8. The second-order valence-electron chi connectivity index (χ2n) is 4.17. The van der Waals surface area contributed by atoms with Crippen molar-refractivity contribution >= 4 is 23.1 Å². The number of aryl methyl sites for hydroxylation is 1. The molecule has 0 aliphatic heterocycles. The summed E-state index contributed by atoms with van der Waals surface area (Å²) in [6.45, 7) is 1.74. The fourth-order valence-corrected chi connectivity index (χ4v) is 2.04. The summed E-state index contributed by atoms with van der Waals surface area (Å²) in [5.74, 6) is 0.790. The number of hydrogen-bond donors (Lipinski definition) is 2. The molecule has 2 aromatic heterocycles. The third-order valence-electron chi connectivity index (χ3n) is 2.73. The SMILES string of the molecule is Cc1cc(=O)n2[nH]c(-c3ccc(Cl)cc3N)nc2n1. The van der Waals surface area contributed by atoms with Crippen LogP contribution in [0, 0.1) is 6.92 Å². The summed E-state index contributed by atoms with van der Waals surface area (Å²) in [4.78, 5) is 20.2. The van der Waals surface area contributed by atoms with Gasteiger partial charge in [0.05, 0.1) is 0 Å². The van der Waals surface area contributed by atoms with Crippen LogP contribution in [0.5, 0.6) is 0 Å². The van der Waals surface area contributed by atoms with Gasteiger partial charge in [-0.3, -0.25) is 9.89 Å². The van der Waals surface area contributed by atoms with Gasteiger partial charge >= 0.3 is 0 Å². The Morgan fingerprint density at radius 2 is 2.11 bits per heavy atom. The molecule has 3 N–H and O–H groups in total. The van der Waals surface area contributed by atoms with Crippen LogP contribution in [0.4, 0.5) is 5.69 Å². The average molecular weight is 276 g/mol. The quantitative estimate of drug-likeness (QED) is 0.661. The van der Waals surface area contributed by atoms with E-state index in [0.29, 0.717) is 33.6 Å². The van der Waals surface area contributed by atoms with Gasteiger partial charge in [-0.2, -0.15) is 9.50 Å². The number of nitrogens with one attached hydrogen (secondary N) is 1. The molecular formula is C12H10ClN5O. The van der Waals surface area contributed by atoms with E-state index in [9.17, 15) is 4.79 Å². The number of aromatic nitrogens is 4. The Labute approximate surface area is 112 Å². The van der Waals surface area contributed by atoms with Crippen LogP contribution in [0.3, 0.4) is 0 Å². The first-order valence-corrected chi connectivity index (χ1v) is 5.94. The fourth-order valence-electron chi connectivity index (χ4n) is 1.86. The van der Waals surface area contributed by atoms with Crippen molar-refractivity contribution in [3.05, 3.63) is 45.3 Å². The van der Waals surface area contributed by atoms with Crippen LogP contribution in [0.1, 0.15) is 5.69 Å². The molecule has 0 amide bonds. The highest BCUT2D eigenvalue weighted by Crippen LogP contribution is 2.25. The van der Waals surface area contributed by atoms with Crippen LogP contribution in [0.15, 0.2) is 29.1 Å². The highest BCUT2D eigenvalue weighted by molar-refractivity contribution is 6.31. The predicted molar refractivity (Wildman–Crippen MR) is 73.2 cm³/mol. The summed E-state index contributed by atoms with van der Waals surface area (Å²) in [5.41, 5.74) is 7.45. The van der Waals surface area contributed by atoms with E-state index in [1.54, 1.807) is 25.1 Å². The zero-order chi connectivity index (χ0) is 13.6. The van der Waals surface area contributed by atoms with Gasteiger partial charge in [0.15, 0.2) is 5.82 Å². The molecule has 0 atom stereocenters. The van der Waals surface area contributed by atoms with Gasteiger partial charge < -0.3 is 5.73 Å². The van der Waals surface area contributed by atoms with E-state index >= 15 is 0 Å². The maximum Gasteiger partial charge on any atom is 0.274 e. The first-order valence-electron chi connectivity index (χ1n) is 5.56. The summed E-state index contributed by atoms with van der Waals surface area (Å²) in [6, 6.07) is 6.51. The first kappa shape index (κ1) is 11.7. The van der Waals surface area contributed by atoms with Crippen LogP contribution in [0.25, 0.3) is 17.2 Å². The molecule has 3 aromatic rings. The molecule has 0 aliphatic rings. The third-order valence-corrected chi connectivity index (χ3v) is 2.96. The predicted octanol–water partition coefficient (Wildman–Crippen LogP) is 1.63.